The Morgan fingerprint density at radius 2 is 2.00 bits per heavy atom. The van der Waals surface area contributed by atoms with Crippen molar-refractivity contribution in [3.8, 4) is 0 Å². The van der Waals surface area contributed by atoms with Crippen LogP contribution in [-0.4, -0.2) is 51.9 Å². The van der Waals surface area contributed by atoms with Crippen LogP contribution in [0.3, 0.4) is 0 Å². The van der Waals surface area contributed by atoms with E-state index in [0.717, 1.165) is 0 Å². The molecule has 3 N–H and O–H groups in total. The minimum absolute atomic E-state index is 0.222. The van der Waals surface area contributed by atoms with Crippen molar-refractivity contribution >= 4 is 33.4 Å². The Hall–Kier alpha value is -1.35. The molecule has 1 aliphatic rings. The lowest BCUT2D eigenvalue weighted by Crippen LogP contribution is -2.48. The first-order valence-corrected chi connectivity index (χ1v) is 8.26. The van der Waals surface area contributed by atoms with Gasteiger partial charge in [0, 0.05) is 33.2 Å². The highest BCUT2D eigenvalue weighted by atomic mass is 35.5. The Labute approximate surface area is 128 Å². The molecule has 0 radical (unpaired) electrons. The van der Waals surface area contributed by atoms with Gasteiger partial charge in [-0.3, -0.25) is 9.52 Å². The van der Waals surface area contributed by atoms with Gasteiger partial charge < -0.3 is 10.6 Å². The average molecular weight is 333 g/mol. The molecule has 1 aromatic carbocycles. The van der Waals surface area contributed by atoms with Gasteiger partial charge in [0.2, 0.25) is 0 Å². The average Bonchev–Trinajstić information content (AvgIpc) is 2.49. The van der Waals surface area contributed by atoms with E-state index in [1.807, 2.05) is 0 Å². The van der Waals surface area contributed by atoms with Gasteiger partial charge in [-0.25, -0.2) is 0 Å². The van der Waals surface area contributed by atoms with Crippen molar-refractivity contribution in [1.29, 1.82) is 0 Å². The number of nitrogens with one attached hydrogen (secondary N) is 3. The van der Waals surface area contributed by atoms with Crippen molar-refractivity contribution in [3.63, 3.8) is 0 Å². The fourth-order valence-corrected chi connectivity index (χ4v) is 3.42. The Morgan fingerprint density at radius 1 is 1.33 bits per heavy atom. The number of carbonyl (C=O) groups excluding carboxylic acids is 1. The lowest BCUT2D eigenvalue weighted by atomic mass is 10.2. The van der Waals surface area contributed by atoms with Gasteiger partial charge in [0.1, 0.15) is 0 Å². The Kier molecular flexibility index (Phi) is 5.04. The molecule has 0 spiro atoms. The summed E-state index contributed by atoms with van der Waals surface area (Å²) in [7, 11) is -2.15. The second kappa shape index (κ2) is 6.61. The van der Waals surface area contributed by atoms with Gasteiger partial charge in [0.25, 0.3) is 5.91 Å². The Bertz CT molecular complexity index is 629. The highest BCUT2D eigenvalue weighted by molar-refractivity contribution is 7.90. The van der Waals surface area contributed by atoms with Crippen molar-refractivity contribution in [3.05, 3.63) is 28.8 Å². The number of piperazine rings is 1. The lowest BCUT2D eigenvalue weighted by Gasteiger charge is -2.27. The topological polar surface area (TPSA) is 90.5 Å². The molecule has 1 saturated heterocycles. The van der Waals surface area contributed by atoms with E-state index in [9.17, 15) is 13.2 Å². The van der Waals surface area contributed by atoms with Crippen molar-refractivity contribution in [2.24, 2.45) is 0 Å². The fourth-order valence-electron chi connectivity index (χ4n) is 2.00. The summed E-state index contributed by atoms with van der Waals surface area (Å²) in [5.74, 6) is -0.372. The van der Waals surface area contributed by atoms with Crippen LogP contribution >= 0.6 is 11.6 Å². The summed E-state index contributed by atoms with van der Waals surface area (Å²) in [6.07, 6.45) is 0. The molecule has 21 heavy (non-hydrogen) atoms. The van der Waals surface area contributed by atoms with Gasteiger partial charge in [-0.1, -0.05) is 11.6 Å². The molecule has 0 atom stereocenters. The molecule has 1 heterocycles. The Balaban J connectivity index is 2.21. The summed E-state index contributed by atoms with van der Waals surface area (Å²) in [4.78, 5) is 11.7. The predicted molar refractivity (Wildman–Crippen MR) is 81.8 cm³/mol. The molecule has 1 aromatic rings. The number of amides is 1. The number of hydrogen-bond acceptors (Lipinski definition) is 4. The smallest absolute Gasteiger partial charge is 0.301 e. The zero-order valence-electron chi connectivity index (χ0n) is 11.5. The molecule has 0 bridgehead atoms. The molecule has 7 nitrogen and oxygen atoms in total. The van der Waals surface area contributed by atoms with Crippen molar-refractivity contribution in [2.75, 3.05) is 37.9 Å². The van der Waals surface area contributed by atoms with E-state index in [1.165, 1.54) is 29.6 Å². The van der Waals surface area contributed by atoms with E-state index in [-0.39, 0.29) is 16.5 Å². The van der Waals surface area contributed by atoms with Crippen LogP contribution in [0.15, 0.2) is 18.2 Å². The van der Waals surface area contributed by atoms with Crippen LogP contribution in [0, 0.1) is 0 Å². The van der Waals surface area contributed by atoms with Crippen LogP contribution in [0.5, 0.6) is 0 Å². The van der Waals surface area contributed by atoms with E-state index < -0.39 is 10.2 Å². The number of rotatable bonds is 4. The molecule has 1 aliphatic heterocycles. The van der Waals surface area contributed by atoms with E-state index in [4.69, 9.17) is 11.6 Å². The number of anilines is 1. The van der Waals surface area contributed by atoms with E-state index in [2.05, 4.69) is 15.4 Å². The monoisotopic (exact) mass is 332 g/mol. The molecular formula is C12H17ClN4O3S. The first-order chi connectivity index (χ1) is 9.94. The minimum atomic E-state index is -3.63. The summed E-state index contributed by atoms with van der Waals surface area (Å²) < 4.78 is 28.3. The highest BCUT2D eigenvalue weighted by Gasteiger charge is 2.24. The third-order valence-electron chi connectivity index (χ3n) is 3.10. The quantitative estimate of drug-likeness (QED) is 0.738. The van der Waals surface area contributed by atoms with Crippen molar-refractivity contribution in [1.82, 2.24) is 14.9 Å². The summed E-state index contributed by atoms with van der Waals surface area (Å²) in [6, 6.07) is 4.43. The molecule has 0 saturated carbocycles. The number of hydrogen-bond donors (Lipinski definition) is 3. The molecule has 1 amide bonds. The maximum absolute atomic E-state index is 12.2. The molecular weight excluding hydrogens is 316 g/mol. The second-order valence-electron chi connectivity index (χ2n) is 4.53. The molecule has 1 fully saturated rings. The maximum atomic E-state index is 12.2. The van der Waals surface area contributed by atoms with Crippen LogP contribution in [0.4, 0.5) is 5.69 Å². The molecule has 0 aliphatic carbocycles. The van der Waals surface area contributed by atoms with Crippen LogP contribution in [0.2, 0.25) is 5.02 Å². The van der Waals surface area contributed by atoms with E-state index in [0.29, 0.717) is 31.9 Å². The van der Waals surface area contributed by atoms with Crippen molar-refractivity contribution in [2.45, 2.75) is 0 Å². The molecule has 9 heteroatoms. The first kappa shape index (κ1) is 16.0. The van der Waals surface area contributed by atoms with Crippen LogP contribution in [0.25, 0.3) is 0 Å². The van der Waals surface area contributed by atoms with Gasteiger partial charge in [-0.05, 0) is 18.2 Å². The number of halogens is 1. The summed E-state index contributed by atoms with van der Waals surface area (Å²) >= 11 is 5.93. The van der Waals surface area contributed by atoms with Gasteiger partial charge in [0.15, 0.2) is 0 Å². The third-order valence-corrected chi connectivity index (χ3v) is 4.97. The van der Waals surface area contributed by atoms with Gasteiger partial charge in [0.05, 0.1) is 16.3 Å². The highest BCUT2D eigenvalue weighted by Crippen LogP contribution is 2.22. The number of benzene rings is 1. The molecule has 0 aromatic heterocycles. The zero-order valence-corrected chi connectivity index (χ0v) is 13.1. The van der Waals surface area contributed by atoms with Crippen LogP contribution in [0.1, 0.15) is 10.4 Å². The normalized spacial score (nSPS) is 16.5. The van der Waals surface area contributed by atoms with E-state index in [1.54, 1.807) is 0 Å². The van der Waals surface area contributed by atoms with Crippen LogP contribution < -0.4 is 15.4 Å². The zero-order chi connectivity index (χ0) is 15.5. The van der Waals surface area contributed by atoms with Gasteiger partial charge >= 0.3 is 10.2 Å². The first-order valence-electron chi connectivity index (χ1n) is 6.44. The molecule has 116 valence electrons. The van der Waals surface area contributed by atoms with E-state index >= 15 is 0 Å². The largest absolute Gasteiger partial charge is 0.355 e. The van der Waals surface area contributed by atoms with Crippen molar-refractivity contribution < 1.29 is 13.2 Å². The summed E-state index contributed by atoms with van der Waals surface area (Å²) in [5.41, 5.74) is 0.524. The predicted octanol–water partition coefficient (Wildman–Crippen LogP) is 0.262. The SMILES string of the molecule is CNC(=O)c1cc(NS(=O)(=O)N2CCNCC2)ccc1Cl. The number of nitrogens with zero attached hydrogens (tertiary/aromatic N) is 1. The molecule has 2 rings (SSSR count). The van der Waals surface area contributed by atoms with Gasteiger partial charge in [-0.2, -0.15) is 12.7 Å². The van der Waals surface area contributed by atoms with Crippen LogP contribution in [-0.2, 0) is 10.2 Å². The fraction of sp³-hybridized carbons (Fsp3) is 0.417. The summed E-state index contributed by atoms with van der Waals surface area (Å²) in [5, 5.41) is 5.81. The lowest BCUT2D eigenvalue weighted by molar-refractivity contribution is 0.0963. The second-order valence-corrected chi connectivity index (χ2v) is 6.61. The number of carbonyl (C=O) groups is 1. The standard InChI is InChI=1S/C12H17ClN4O3S/c1-14-12(18)10-8-9(2-3-11(10)13)16-21(19,20)17-6-4-15-5-7-17/h2-3,8,15-16H,4-7H2,1H3,(H,14,18). The van der Waals surface area contributed by atoms with Gasteiger partial charge in [-0.15, -0.1) is 0 Å². The molecule has 0 unspecified atom stereocenters. The maximum Gasteiger partial charge on any atom is 0.301 e. The minimum Gasteiger partial charge on any atom is -0.355 e. The third kappa shape index (κ3) is 3.85. The summed E-state index contributed by atoms with van der Waals surface area (Å²) in [6.45, 7) is 2.05. The Morgan fingerprint density at radius 3 is 2.62 bits per heavy atom.